The van der Waals surface area contributed by atoms with Crippen molar-refractivity contribution in [3.8, 4) is 5.75 Å². The third-order valence-electron chi connectivity index (χ3n) is 6.06. The zero-order valence-corrected chi connectivity index (χ0v) is 20.6. The summed E-state index contributed by atoms with van der Waals surface area (Å²) in [5.41, 5.74) is 0.658. The van der Waals surface area contributed by atoms with Crippen LogP contribution in [-0.2, 0) is 4.79 Å². The van der Waals surface area contributed by atoms with Gasteiger partial charge in [-0.15, -0.1) is 0 Å². The number of alkyl halides is 7. The van der Waals surface area contributed by atoms with E-state index in [4.69, 9.17) is 0 Å². The molecule has 0 saturated carbocycles. The molecule has 0 amide bonds. The van der Waals surface area contributed by atoms with Crippen molar-refractivity contribution in [3.05, 3.63) is 36.2 Å². The molecule has 0 aliphatic heterocycles. The van der Waals surface area contributed by atoms with Gasteiger partial charge in [0.15, 0.2) is 0 Å². The molecule has 0 aliphatic rings. The number of esters is 1. The van der Waals surface area contributed by atoms with Crippen LogP contribution in [0.4, 0.5) is 35.1 Å². The fraction of sp³-hybridized carbons (Fsp3) is 0.654. The number of hydrogen-bond acceptors (Lipinski definition) is 2. The van der Waals surface area contributed by atoms with Gasteiger partial charge in [-0.05, 0) is 42.0 Å². The number of carbonyl (C=O) groups excluding carboxylic acids is 1. The van der Waals surface area contributed by atoms with Crippen LogP contribution in [-0.4, -0.2) is 24.0 Å². The molecule has 0 spiro atoms. The average Bonchev–Trinajstić information content (AvgIpc) is 2.81. The largest absolute Gasteiger partial charge is 0.460 e. The number of unbranched alkanes of at least 4 members (excludes halogenated alkanes) is 5. The maximum absolute atomic E-state index is 13.6. The van der Waals surface area contributed by atoms with Crippen LogP contribution in [0.2, 0.25) is 0 Å². The molecule has 0 radical (unpaired) electrons. The van der Waals surface area contributed by atoms with E-state index in [0.717, 1.165) is 50.7 Å². The molecule has 1 rings (SSSR count). The second-order valence-electron chi connectivity index (χ2n) is 8.94. The molecule has 0 saturated heterocycles. The first kappa shape index (κ1) is 31.9. The molecule has 0 N–H and O–H groups in total. The average molecular weight is 531 g/mol. The second-order valence-corrected chi connectivity index (χ2v) is 8.94. The van der Waals surface area contributed by atoms with E-state index in [1.807, 2.05) is 0 Å². The van der Waals surface area contributed by atoms with Gasteiger partial charge in [0.1, 0.15) is 5.75 Å². The number of ether oxygens (including phenoxy) is 1. The van der Waals surface area contributed by atoms with Crippen LogP contribution in [0.5, 0.6) is 5.75 Å². The third kappa shape index (κ3) is 9.07. The Morgan fingerprint density at radius 1 is 0.833 bits per heavy atom. The number of carbonyl (C=O) groups is 1. The lowest BCUT2D eigenvalue weighted by atomic mass is 9.89. The van der Waals surface area contributed by atoms with Gasteiger partial charge in [-0.1, -0.05) is 83.8 Å². The molecule has 0 aromatic heterocycles. The Bertz CT molecular complexity index is 816. The van der Waals surface area contributed by atoms with E-state index in [1.54, 1.807) is 0 Å². The fourth-order valence-corrected chi connectivity index (χ4v) is 3.89. The molecule has 1 aromatic rings. The zero-order chi connectivity index (χ0) is 27.4. The highest BCUT2D eigenvalue weighted by atomic mass is 19.4. The number of rotatable bonds is 16. The van der Waals surface area contributed by atoms with Crippen molar-refractivity contribution in [3.63, 3.8) is 0 Å². The van der Waals surface area contributed by atoms with Crippen LogP contribution >= 0.6 is 0 Å². The smallest absolute Gasteiger partial charge is 0.422 e. The van der Waals surface area contributed by atoms with Crippen LogP contribution in [0.3, 0.4) is 0 Å². The van der Waals surface area contributed by atoms with E-state index in [-0.39, 0.29) is 0 Å². The first-order valence-corrected chi connectivity index (χ1v) is 12.3. The standard InChI is InChI=1S/C26H34F8O2/c1-3-5-6-7-8-9-11-19(10-4-2)12-13-21(18-27)20-14-16-22(17-15-20)36-23(35)24(28,29)25(30,31)26(32,33)34/h14-19H,3-13H2,1-2H3/b21-18-. The van der Waals surface area contributed by atoms with Crippen molar-refractivity contribution in [2.75, 3.05) is 0 Å². The quantitative estimate of drug-likeness (QED) is 0.0920. The van der Waals surface area contributed by atoms with Gasteiger partial charge in [-0.2, -0.15) is 30.7 Å². The maximum Gasteiger partial charge on any atom is 0.460 e. The van der Waals surface area contributed by atoms with Crippen molar-refractivity contribution < 1.29 is 44.7 Å². The van der Waals surface area contributed by atoms with Crippen LogP contribution < -0.4 is 4.74 Å². The summed E-state index contributed by atoms with van der Waals surface area (Å²) >= 11 is 0. The highest BCUT2D eigenvalue weighted by Crippen LogP contribution is 2.47. The summed E-state index contributed by atoms with van der Waals surface area (Å²) in [7, 11) is 0. The summed E-state index contributed by atoms with van der Waals surface area (Å²) in [5.74, 6) is -16.0. The monoisotopic (exact) mass is 530 g/mol. The summed E-state index contributed by atoms with van der Waals surface area (Å²) < 4.78 is 107. The Morgan fingerprint density at radius 3 is 1.94 bits per heavy atom. The van der Waals surface area contributed by atoms with Crippen LogP contribution in [0.25, 0.3) is 5.57 Å². The molecular formula is C26H34F8O2. The van der Waals surface area contributed by atoms with Crippen LogP contribution in [0.1, 0.15) is 90.0 Å². The van der Waals surface area contributed by atoms with E-state index in [1.165, 1.54) is 37.8 Å². The summed E-state index contributed by atoms with van der Waals surface area (Å²) in [6.45, 7) is 4.24. The molecule has 36 heavy (non-hydrogen) atoms. The Kier molecular flexibility index (Phi) is 12.9. The van der Waals surface area contributed by atoms with E-state index in [0.29, 0.717) is 29.8 Å². The summed E-state index contributed by atoms with van der Waals surface area (Å²) in [5, 5.41) is 0. The third-order valence-corrected chi connectivity index (χ3v) is 6.06. The van der Waals surface area contributed by atoms with Crippen LogP contribution in [0, 0.1) is 5.92 Å². The first-order chi connectivity index (χ1) is 16.8. The summed E-state index contributed by atoms with van der Waals surface area (Å²) in [6, 6.07) is 4.30. The minimum absolute atomic E-state index is 0.311. The van der Waals surface area contributed by atoms with E-state index >= 15 is 0 Å². The Labute approximate surface area is 207 Å². The highest BCUT2D eigenvalue weighted by molar-refractivity contribution is 5.81. The van der Waals surface area contributed by atoms with Gasteiger partial charge < -0.3 is 4.74 Å². The van der Waals surface area contributed by atoms with E-state index in [2.05, 4.69) is 18.6 Å². The Balaban J connectivity index is 2.73. The highest BCUT2D eigenvalue weighted by Gasteiger charge is 2.77. The molecule has 0 heterocycles. The molecule has 206 valence electrons. The Hall–Kier alpha value is -2.13. The molecular weight excluding hydrogens is 496 g/mol. The lowest BCUT2D eigenvalue weighted by molar-refractivity contribution is -0.346. The lowest BCUT2D eigenvalue weighted by Crippen LogP contribution is -2.57. The minimum Gasteiger partial charge on any atom is -0.422 e. The van der Waals surface area contributed by atoms with Crippen molar-refractivity contribution in [1.82, 2.24) is 0 Å². The van der Waals surface area contributed by atoms with Gasteiger partial charge >= 0.3 is 24.0 Å². The number of allylic oxidation sites excluding steroid dienone is 1. The molecule has 0 bridgehead atoms. The lowest BCUT2D eigenvalue weighted by Gasteiger charge is -2.26. The predicted octanol–water partition coefficient (Wildman–Crippen LogP) is 9.68. The number of halogens is 8. The summed E-state index contributed by atoms with van der Waals surface area (Å²) in [6.07, 6.45) is 4.98. The molecule has 0 fully saturated rings. The minimum atomic E-state index is -6.65. The molecule has 10 heteroatoms. The number of benzene rings is 1. The van der Waals surface area contributed by atoms with Gasteiger partial charge in [0.25, 0.3) is 0 Å². The van der Waals surface area contributed by atoms with Crippen molar-refractivity contribution in [1.29, 1.82) is 0 Å². The first-order valence-electron chi connectivity index (χ1n) is 12.3. The fourth-order valence-electron chi connectivity index (χ4n) is 3.89. The molecule has 1 unspecified atom stereocenters. The molecule has 1 atom stereocenters. The van der Waals surface area contributed by atoms with Gasteiger partial charge in [0.05, 0.1) is 6.33 Å². The van der Waals surface area contributed by atoms with Gasteiger partial charge in [0, 0.05) is 0 Å². The van der Waals surface area contributed by atoms with Gasteiger partial charge in [-0.3, -0.25) is 0 Å². The van der Waals surface area contributed by atoms with Crippen molar-refractivity contribution in [2.24, 2.45) is 5.92 Å². The molecule has 2 nitrogen and oxygen atoms in total. The normalized spacial score (nSPS) is 14.1. The maximum atomic E-state index is 13.6. The van der Waals surface area contributed by atoms with E-state index in [9.17, 15) is 39.9 Å². The number of hydrogen-bond donors (Lipinski definition) is 0. The SMILES string of the molecule is CCCCCCCCC(CCC)CC/C(=C/F)c1ccc(OC(=O)C(F)(F)C(F)(F)C(F)(F)F)cc1. The van der Waals surface area contributed by atoms with Gasteiger partial charge in [-0.25, -0.2) is 9.18 Å². The van der Waals surface area contributed by atoms with Gasteiger partial charge in [0.2, 0.25) is 0 Å². The predicted molar refractivity (Wildman–Crippen MR) is 123 cm³/mol. The molecule has 1 aromatic carbocycles. The van der Waals surface area contributed by atoms with Crippen molar-refractivity contribution in [2.45, 2.75) is 102 Å². The Morgan fingerprint density at radius 2 is 1.42 bits per heavy atom. The van der Waals surface area contributed by atoms with Crippen molar-refractivity contribution >= 4 is 11.5 Å². The van der Waals surface area contributed by atoms with Crippen LogP contribution in [0.15, 0.2) is 30.6 Å². The zero-order valence-electron chi connectivity index (χ0n) is 20.6. The molecule has 0 aliphatic carbocycles. The second kappa shape index (κ2) is 14.6. The summed E-state index contributed by atoms with van der Waals surface area (Å²) in [4.78, 5) is 11.4. The van der Waals surface area contributed by atoms with E-state index < -0.39 is 29.7 Å². The topological polar surface area (TPSA) is 26.3 Å².